The maximum Gasteiger partial charge on any atom is 0.229 e. The van der Waals surface area contributed by atoms with Gasteiger partial charge in [-0.05, 0) is 31.0 Å². The zero-order valence-corrected chi connectivity index (χ0v) is 17.4. The molecule has 0 saturated heterocycles. The second-order valence-electron chi connectivity index (χ2n) is 6.36. The molecular formula is C18H21ClN4O3S. The van der Waals surface area contributed by atoms with Gasteiger partial charge in [-0.1, -0.05) is 18.5 Å². The topological polar surface area (TPSA) is 86.1 Å². The van der Waals surface area contributed by atoms with E-state index in [1.807, 2.05) is 19.9 Å². The molecule has 7 nitrogen and oxygen atoms in total. The standard InChI is InChI=1S/C18H21ClN4O3S/c1-6-12-17(18(19)23(3)21-12)15-7-10(2)11-8-14(22-27(5,24)25)16(26-4)9-13(11)20-15/h7-9,22H,6H2,1-5H3. The van der Waals surface area contributed by atoms with Crippen LogP contribution in [0.4, 0.5) is 5.69 Å². The number of pyridine rings is 1. The SMILES string of the molecule is CCc1nn(C)c(Cl)c1-c1cc(C)c2cc(NS(C)(=O)=O)c(OC)cc2n1. The third kappa shape index (κ3) is 3.72. The number of sulfonamides is 1. The molecule has 2 aromatic heterocycles. The highest BCUT2D eigenvalue weighted by atomic mass is 35.5. The number of nitrogens with zero attached hydrogens (tertiary/aromatic N) is 3. The van der Waals surface area contributed by atoms with E-state index in [0.717, 1.165) is 40.6 Å². The van der Waals surface area contributed by atoms with Gasteiger partial charge in [-0.25, -0.2) is 13.4 Å². The van der Waals surface area contributed by atoms with E-state index in [1.54, 1.807) is 23.9 Å². The maximum absolute atomic E-state index is 11.6. The summed E-state index contributed by atoms with van der Waals surface area (Å²) in [5.74, 6) is 0.393. The largest absolute Gasteiger partial charge is 0.494 e. The number of methoxy groups -OCH3 is 1. The van der Waals surface area contributed by atoms with Crippen molar-refractivity contribution in [2.75, 3.05) is 18.1 Å². The van der Waals surface area contributed by atoms with Gasteiger partial charge >= 0.3 is 0 Å². The number of halogens is 1. The van der Waals surface area contributed by atoms with Gasteiger partial charge in [0.1, 0.15) is 10.9 Å². The first-order valence-corrected chi connectivity index (χ1v) is 10.6. The zero-order chi connectivity index (χ0) is 19.9. The first-order chi connectivity index (χ1) is 12.6. The molecule has 0 fully saturated rings. The van der Waals surface area contributed by atoms with Crippen molar-refractivity contribution in [3.05, 3.63) is 34.6 Å². The summed E-state index contributed by atoms with van der Waals surface area (Å²) < 4.78 is 32.7. The van der Waals surface area contributed by atoms with E-state index in [9.17, 15) is 8.42 Å². The molecule has 3 rings (SSSR count). The Balaban J connectivity index is 2.25. The van der Waals surface area contributed by atoms with Crippen LogP contribution in [0.15, 0.2) is 18.2 Å². The summed E-state index contributed by atoms with van der Waals surface area (Å²) in [7, 11) is -0.152. The summed E-state index contributed by atoms with van der Waals surface area (Å²) >= 11 is 6.45. The maximum atomic E-state index is 11.6. The molecule has 0 spiro atoms. The van der Waals surface area contributed by atoms with Crippen LogP contribution in [-0.4, -0.2) is 36.5 Å². The number of nitrogens with one attached hydrogen (secondary N) is 1. The fourth-order valence-corrected chi connectivity index (χ4v) is 3.86. The van der Waals surface area contributed by atoms with Gasteiger partial charge in [0.2, 0.25) is 10.0 Å². The molecule has 3 aromatic rings. The van der Waals surface area contributed by atoms with Crippen LogP contribution < -0.4 is 9.46 Å². The summed E-state index contributed by atoms with van der Waals surface area (Å²) in [4.78, 5) is 4.74. The second kappa shape index (κ2) is 7.01. The van der Waals surface area contributed by atoms with E-state index in [-0.39, 0.29) is 0 Å². The molecule has 0 radical (unpaired) electrons. The second-order valence-corrected chi connectivity index (χ2v) is 8.46. The molecule has 144 valence electrons. The van der Waals surface area contributed by atoms with Crippen LogP contribution in [0.25, 0.3) is 22.2 Å². The molecule has 0 aliphatic carbocycles. The Morgan fingerprint density at radius 3 is 2.59 bits per heavy atom. The Morgan fingerprint density at radius 1 is 1.30 bits per heavy atom. The fraction of sp³-hybridized carbons (Fsp3) is 0.333. The van der Waals surface area contributed by atoms with Crippen molar-refractivity contribution in [2.24, 2.45) is 7.05 Å². The lowest BCUT2D eigenvalue weighted by atomic mass is 10.0. The molecule has 0 amide bonds. The Morgan fingerprint density at radius 2 is 2.00 bits per heavy atom. The van der Waals surface area contributed by atoms with Crippen molar-refractivity contribution in [1.29, 1.82) is 0 Å². The zero-order valence-electron chi connectivity index (χ0n) is 15.8. The number of hydrogen-bond acceptors (Lipinski definition) is 5. The molecule has 0 saturated carbocycles. The van der Waals surface area contributed by atoms with Crippen LogP contribution in [0, 0.1) is 6.92 Å². The van der Waals surface area contributed by atoms with Crippen molar-refractivity contribution < 1.29 is 13.2 Å². The van der Waals surface area contributed by atoms with Crippen molar-refractivity contribution in [1.82, 2.24) is 14.8 Å². The highest BCUT2D eigenvalue weighted by Crippen LogP contribution is 2.36. The average Bonchev–Trinajstić information content (AvgIpc) is 2.88. The van der Waals surface area contributed by atoms with Gasteiger partial charge in [0.25, 0.3) is 0 Å². The van der Waals surface area contributed by atoms with Crippen LogP contribution in [-0.2, 0) is 23.5 Å². The number of fused-ring (bicyclic) bond motifs is 1. The van der Waals surface area contributed by atoms with Crippen LogP contribution in [0.2, 0.25) is 5.15 Å². The molecule has 1 aromatic carbocycles. The molecule has 2 heterocycles. The van der Waals surface area contributed by atoms with Crippen LogP contribution in [0.5, 0.6) is 5.75 Å². The van der Waals surface area contributed by atoms with Crippen LogP contribution in [0.1, 0.15) is 18.2 Å². The number of rotatable bonds is 5. The minimum absolute atomic E-state index is 0.374. The van der Waals surface area contributed by atoms with Crippen molar-refractivity contribution in [3.63, 3.8) is 0 Å². The fourth-order valence-electron chi connectivity index (χ4n) is 3.06. The summed E-state index contributed by atoms with van der Waals surface area (Å²) in [5, 5.41) is 5.80. The van der Waals surface area contributed by atoms with Gasteiger partial charge in [-0.2, -0.15) is 5.10 Å². The van der Waals surface area contributed by atoms with Crippen LogP contribution >= 0.6 is 11.6 Å². The first-order valence-electron chi connectivity index (χ1n) is 8.33. The van der Waals surface area contributed by atoms with Crippen molar-refractivity contribution in [3.8, 4) is 17.0 Å². The van der Waals surface area contributed by atoms with Gasteiger partial charge in [-0.3, -0.25) is 9.40 Å². The van der Waals surface area contributed by atoms with Gasteiger partial charge in [0.05, 0.1) is 41.5 Å². The lowest BCUT2D eigenvalue weighted by Gasteiger charge is -2.13. The summed E-state index contributed by atoms with van der Waals surface area (Å²) in [5.41, 5.74) is 4.40. The molecule has 27 heavy (non-hydrogen) atoms. The molecule has 0 atom stereocenters. The highest BCUT2D eigenvalue weighted by Gasteiger charge is 2.19. The summed E-state index contributed by atoms with van der Waals surface area (Å²) in [6, 6.07) is 5.38. The Kier molecular flexibility index (Phi) is 5.05. The van der Waals surface area contributed by atoms with Crippen molar-refractivity contribution >= 4 is 38.2 Å². The van der Waals surface area contributed by atoms with E-state index >= 15 is 0 Å². The van der Waals surface area contributed by atoms with Gasteiger partial charge < -0.3 is 4.74 Å². The predicted molar refractivity (Wildman–Crippen MR) is 108 cm³/mol. The number of aromatic nitrogens is 3. The molecule has 0 aliphatic heterocycles. The summed E-state index contributed by atoms with van der Waals surface area (Å²) in [6.45, 7) is 3.96. The van der Waals surface area contributed by atoms with E-state index in [4.69, 9.17) is 21.3 Å². The molecule has 9 heteroatoms. The van der Waals surface area contributed by atoms with E-state index < -0.39 is 10.0 Å². The Bertz CT molecular complexity index is 1140. The minimum atomic E-state index is -3.43. The highest BCUT2D eigenvalue weighted by molar-refractivity contribution is 7.92. The number of hydrogen-bond donors (Lipinski definition) is 1. The summed E-state index contributed by atoms with van der Waals surface area (Å²) in [6.07, 6.45) is 1.83. The molecular weight excluding hydrogens is 388 g/mol. The molecule has 1 N–H and O–H groups in total. The quantitative estimate of drug-likeness (QED) is 0.697. The van der Waals surface area contributed by atoms with Gasteiger partial charge in [-0.15, -0.1) is 0 Å². The monoisotopic (exact) mass is 408 g/mol. The molecule has 0 aliphatic rings. The predicted octanol–water partition coefficient (Wildman–Crippen LogP) is 3.54. The molecule has 0 unspecified atom stereocenters. The molecule has 0 bridgehead atoms. The van der Waals surface area contributed by atoms with Crippen molar-refractivity contribution in [2.45, 2.75) is 20.3 Å². The van der Waals surface area contributed by atoms with E-state index in [2.05, 4.69) is 9.82 Å². The third-order valence-corrected chi connectivity index (χ3v) is 5.30. The lowest BCUT2D eigenvalue weighted by Crippen LogP contribution is -2.10. The van der Waals surface area contributed by atoms with Crippen LogP contribution in [0.3, 0.4) is 0 Å². The number of ether oxygens (including phenoxy) is 1. The first kappa shape index (κ1) is 19.4. The Hall–Kier alpha value is -2.32. The average molecular weight is 409 g/mol. The smallest absolute Gasteiger partial charge is 0.229 e. The van der Waals surface area contributed by atoms with E-state index in [0.29, 0.717) is 22.1 Å². The number of anilines is 1. The number of aryl methyl sites for hydroxylation is 3. The minimum Gasteiger partial charge on any atom is -0.494 e. The number of benzene rings is 1. The van der Waals surface area contributed by atoms with E-state index in [1.165, 1.54) is 7.11 Å². The third-order valence-electron chi connectivity index (χ3n) is 4.27. The normalized spacial score (nSPS) is 11.8. The Labute approximate surface area is 163 Å². The van der Waals surface area contributed by atoms with Gasteiger partial charge in [0, 0.05) is 18.5 Å². The van der Waals surface area contributed by atoms with Gasteiger partial charge in [0.15, 0.2) is 0 Å². The lowest BCUT2D eigenvalue weighted by molar-refractivity contribution is 0.417.